The Labute approximate surface area is 203 Å². The quantitative estimate of drug-likeness (QED) is 0.341. The van der Waals surface area contributed by atoms with Crippen LogP contribution in [0, 0.1) is 0 Å². The van der Waals surface area contributed by atoms with Crippen LogP contribution in [0.2, 0.25) is 3.12 Å². The Bertz CT molecular complexity index is 898. The fraction of sp³-hybridized carbons (Fsp3) is 0.304. The van der Waals surface area contributed by atoms with E-state index in [-0.39, 0.29) is 48.0 Å². The number of rotatable bonds is 2. The molecule has 2 aromatic carbocycles. The first-order chi connectivity index (χ1) is 11.4. The van der Waals surface area contributed by atoms with Crippen LogP contribution in [0.3, 0.4) is 0 Å². The second-order valence-corrected chi connectivity index (χ2v) is 11.8. The van der Waals surface area contributed by atoms with Crippen LogP contribution in [0.5, 0.6) is 0 Å². The summed E-state index contributed by atoms with van der Waals surface area (Å²) in [6, 6.07) is 16.0. The van der Waals surface area contributed by atoms with Gasteiger partial charge in [-0.2, -0.15) is 0 Å². The third-order valence-corrected chi connectivity index (χ3v) is 11.3. The van der Waals surface area contributed by atoms with Crippen LogP contribution in [0.25, 0.3) is 11.1 Å². The number of allylic oxidation sites excluding steroid dienone is 4. The number of hydrogen-bond donors (Lipinski definition) is 0. The van der Waals surface area contributed by atoms with Gasteiger partial charge in [-0.05, 0) is 0 Å². The molecule has 0 spiro atoms. The maximum atomic E-state index is 2.51. The first kappa shape index (κ1) is 22.6. The largest absolute Gasteiger partial charge is 1.00 e. The van der Waals surface area contributed by atoms with Crippen LogP contribution in [-0.2, 0) is 29.7 Å². The van der Waals surface area contributed by atoms with Gasteiger partial charge in [-0.25, -0.2) is 0 Å². The fourth-order valence-corrected chi connectivity index (χ4v) is 8.85. The molecule has 0 fully saturated rings. The smallest absolute Gasteiger partial charge is 1.00 e. The standard InChI is InChI=1S/C13H9.C10H15.2HI.Zr/c1-3-7-12-10(5-1)9-11-6-2-4-8-13(11)12;1-6-7(2)9(4)10(5)8(6)3;;;/h1-5,7-8H,9H2;1-5H3;2*1H;/q;;;;+2/p-2. The van der Waals surface area contributed by atoms with Crippen LogP contribution in [0.1, 0.15) is 45.7 Å². The SMILES string of the molecule is CC1=C(C)[C](C)([Zr+2][c]2cccc3c2Cc2ccccc2-3)C(C)=C1C.[I-].[I-]. The molecule has 0 N–H and O–H groups in total. The molecule has 0 aliphatic heterocycles. The van der Waals surface area contributed by atoms with Crippen molar-refractivity contribution in [1.29, 1.82) is 0 Å². The molecule has 2 aliphatic rings. The summed E-state index contributed by atoms with van der Waals surface area (Å²) in [6.07, 6.45) is 1.13. The molecule has 0 saturated carbocycles. The molecular formula is C23H24I2Zr. The molecule has 134 valence electrons. The Kier molecular flexibility index (Phi) is 7.22. The van der Waals surface area contributed by atoms with Crippen molar-refractivity contribution in [3.8, 4) is 11.1 Å². The molecule has 0 saturated heterocycles. The summed E-state index contributed by atoms with van der Waals surface area (Å²) in [5, 5.41) is 0. The van der Waals surface area contributed by atoms with Crippen molar-refractivity contribution in [2.24, 2.45) is 0 Å². The molecule has 26 heavy (non-hydrogen) atoms. The van der Waals surface area contributed by atoms with Gasteiger partial charge in [0, 0.05) is 0 Å². The average Bonchev–Trinajstić information content (AvgIpc) is 3.04. The molecule has 0 atom stereocenters. The summed E-state index contributed by atoms with van der Waals surface area (Å²) in [6.45, 7) is 11.9. The third kappa shape index (κ3) is 3.39. The van der Waals surface area contributed by atoms with Crippen molar-refractivity contribution >= 4 is 3.27 Å². The topological polar surface area (TPSA) is 0 Å². The number of halogens is 2. The van der Waals surface area contributed by atoms with Gasteiger partial charge in [0.25, 0.3) is 0 Å². The van der Waals surface area contributed by atoms with Gasteiger partial charge in [0.05, 0.1) is 0 Å². The zero-order chi connectivity index (χ0) is 17.1. The molecule has 0 aromatic heterocycles. The summed E-state index contributed by atoms with van der Waals surface area (Å²) < 4.78 is 2.03. The predicted octanol–water partition coefficient (Wildman–Crippen LogP) is -0.161. The Balaban J connectivity index is 0.00000121. The molecule has 0 amide bonds. The minimum atomic E-state index is -0.789. The molecule has 2 aliphatic carbocycles. The Hall–Kier alpha value is 0.263. The van der Waals surface area contributed by atoms with Gasteiger partial charge in [-0.1, -0.05) is 0 Å². The van der Waals surface area contributed by atoms with Gasteiger partial charge >= 0.3 is 158 Å². The van der Waals surface area contributed by atoms with Crippen molar-refractivity contribution in [3.05, 3.63) is 75.9 Å². The predicted molar refractivity (Wildman–Crippen MR) is 99.4 cm³/mol. The molecule has 2 aromatic rings. The Morgan fingerprint density at radius 3 is 2.00 bits per heavy atom. The van der Waals surface area contributed by atoms with E-state index in [1.165, 1.54) is 27.8 Å². The number of benzene rings is 2. The Morgan fingerprint density at radius 1 is 0.769 bits per heavy atom. The summed E-state index contributed by atoms with van der Waals surface area (Å²) in [4.78, 5) is 0. The zero-order valence-corrected chi connectivity index (χ0v) is 22.8. The maximum absolute atomic E-state index is 2.51. The van der Waals surface area contributed by atoms with E-state index in [4.69, 9.17) is 0 Å². The van der Waals surface area contributed by atoms with Crippen LogP contribution >= 0.6 is 0 Å². The summed E-state index contributed by atoms with van der Waals surface area (Å²) in [5.41, 5.74) is 12.4. The van der Waals surface area contributed by atoms with Gasteiger partial charge in [0.15, 0.2) is 0 Å². The van der Waals surface area contributed by atoms with Crippen LogP contribution in [0.15, 0.2) is 64.8 Å². The van der Waals surface area contributed by atoms with Crippen LogP contribution in [0.4, 0.5) is 0 Å². The molecule has 0 nitrogen and oxygen atoms in total. The van der Waals surface area contributed by atoms with E-state index < -0.39 is 23.2 Å². The first-order valence-corrected chi connectivity index (χ1v) is 11.2. The van der Waals surface area contributed by atoms with Crippen LogP contribution < -0.4 is 51.2 Å². The normalized spacial score (nSPS) is 16.5. The molecule has 0 heterocycles. The van der Waals surface area contributed by atoms with Gasteiger partial charge in [-0.3, -0.25) is 0 Å². The molecule has 3 heteroatoms. The van der Waals surface area contributed by atoms with Crippen molar-refractivity contribution in [1.82, 2.24) is 0 Å². The van der Waals surface area contributed by atoms with Crippen molar-refractivity contribution in [2.45, 2.75) is 44.2 Å². The number of fused-ring (bicyclic) bond motifs is 3. The summed E-state index contributed by atoms with van der Waals surface area (Å²) in [7, 11) is 0. The Morgan fingerprint density at radius 2 is 1.35 bits per heavy atom. The minimum Gasteiger partial charge on any atom is -1.00 e. The molecule has 4 rings (SSSR count). The molecule has 0 bridgehead atoms. The fourth-order valence-electron chi connectivity index (χ4n) is 4.32. The van der Waals surface area contributed by atoms with Crippen molar-refractivity contribution < 1.29 is 71.2 Å². The van der Waals surface area contributed by atoms with E-state index in [1.54, 1.807) is 20.0 Å². The third-order valence-electron chi connectivity index (χ3n) is 6.42. The second-order valence-electron chi connectivity index (χ2n) is 7.42. The molecule has 0 unspecified atom stereocenters. The zero-order valence-electron chi connectivity index (χ0n) is 16.0. The molecule has 0 radical (unpaired) electrons. The van der Waals surface area contributed by atoms with Gasteiger partial charge < -0.3 is 48.0 Å². The van der Waals surface area contributed by atoms with Gasteiger partial charge in [0.2, 0.25) is 0 Å². The van der Waals surface area contributed by atoms with E-state index in [9.17, 15) is 0 Å². The van der Waals surface area contributed by atoms with E-state index in [2.05, 4.69) is 77.1 Å². The van der Waals surface area contributed by atoms with E-state index in [1.807, 2.05) is 0 Å². The summed E-state index contributed by atoms with van der Waals surface area (Å²) >= 11 is -0.789. The van der Waals surface area contributed by atoms with Crippen molar-refractivity contribution in [3.63, 3.8) is 0 Å². The average molecular weight is 645 g/mol. The molecular weight excluding hydrogens is 621 g/mol. The minimum absolute atomic E-state index is 0. The van der Waals surface area contributed by atoms with Gasteiger partial charge in [0.1, 0.15) is 0 Å². The van der Waals surface area contributed by atoms with E-state index >= 15 is 0 Å². The van der Waals surface area contributed by atoms with E-state index in [0.717, 1.165) is 6.42 Å². The monoisotopic (exact) mass is 644 g/mol. The summed E-state index contributed by atoms with van der Waals surface area (Å²) in [5.74, 6) is 0. The number of hydrogen-bond acceptors (Lipinski definition) is 0. The van der Waals surface area contributed by atoms with Crippen LogP contribution in [-0.4, -0.2) is 0 Å². The van der Waals surface area contributed by atoms with Crippen molar-refractivity contribution in [2.75, 3.05) is 0 Å². The van der Waals surface area contributed by atoms with Gasteiger partial charge in [-0.15, -0.1) is 0 Å². The first-order valence-electron chi connectivity index (χ1n) is 8.78. The second kappa shape index (κ2) is 8.33. The van der Waals surface area contributed by atoms with E-state index in [0.29, 0.717) is 3.12 Å². The maximum Gasteiger partial charge on any atom is -1.00 e.